The summed E-state index contributed by atoms with van der Waals surface area (Å²) in [7, 11) is 1.59. The van der Waals surface area contributed by atoms with Crippen molar-refractivity contribution in [1.82, 2.24) is 0 Å². The van der Waals surface area contributed by atoms with Crippen LogP contribution in [0.2, 0.25) is 0 Å². The molecule has 0 spiro atoms. The second kappa shape index (κ2) is 7.37. The molecule has 0 aliphatic heterocycles. The van der Waals surface area contributed by atoms with Crippen molar-refractivity contribution in [2.24, 2.45) is 0 Å². The lowest BCUT2D eigenvalue weighted by molar-refractivity contribution is -0.149. The number of rotatable bonds is 6. The second-order valence-corrected chi connectivity index (χ2v) is 3.63. The van der Waals surface area contributed by atoms with Crippen LogP contribution in [0.15, 0.2) is 36.4 Å². The van der Waals surface area contributed by atoms with E-state index in [0.717, 1.165) is 5.75 Å². The summed E-state index contributed by atoms with van der Waals surface area (Å²) in [5.74, 6) is 0.959. The molecule has 4 heteroatoms. The molecule has 0 heterocycles. The van der Waals surface area contributed by atoms with Crippen LogP contribution in [0.4, 0.5) is 0 Å². The van der Waals surface area contributed by atoms with Crippen LogP contribution in [0.1, 0.15) is 13.8 Å². The van der Waals surface area contributed by atoms with Gasteiger partial charge in [0.2, 0.25) is 0 Å². The fourth-order valence-electron chi connectivity index (χ4n) is 1.25. The van der Waals surface area contributed by atoms with E-state index in [-0.39, 0.29) is 12.6 Å². The van der Waals surface area contributed by atoms with Crippen LogP contribution in [-0.2, 0) is 9.53 Å². The van der Waals surface area contributed by atoms with Crippen molar-refractivity contribution >= 4 is 5.97 Å². The maximum absolute atomic E-state index is 11.5. The molecule has 0 radical (unpaired) electrons. The van der Waals surface area contributed by atoms with Crippen LogP contribution in [0, 0.1) is 0 Å². The Bertz CT molecular complexity index is 395. The Morgan fingerprint density at radius 1 is 1.28 bits per heavy atom. The van der Waals surface area contributed by atoms with Gasteiger partial charge in [0.15, 0.2) is 6.10 Å². The van der Waals surface area contributed by atoms with Crippen molar-refractivity contribution in [3.05, 3.63) is 36.4 Å². The number of ether oxygens (including phenoxy) is 3. The Labute approximate surface area is 107 Å². The summed E-state index contributed by atoms with van der Waals surface area (Å²) < 4.78 is 15.5. The number of hydrogen-bond donors (Lipinski definition) is 0. The summed E-state index contributed by atoms with van der Waals surface area (Å²) >= 11 is 0. The zero-order valence-electron chi connectivity index (χ0n) is 10.9. The molecule has 0 saturated carbocycles. The van der Waals surface area contributed by atoms with Crippen molar-refractivity contribution in [1.29, 1.82) is 0 Å². The van der Waals surface area contributed by atoms with Crippen LogP contribution in [0.25, 0.3) is 0 Å². The van der Waals surface area contributed by atoms with Crippen molar-refractivity contribution < 1.29 is 19.0 Å². The number of carbonyl (C=O) groups excluding carboxylic acids is 1. The Morgan fingerprint density at radius 2 is 1.89 bits per heavy atom. The molecule has 1 aromatic rings. The van der Waals surface area contributed by atoms with Gasteiger partial charge < -0.3 is 14.2 Å². The van der Waals surface area contributed by atoms with Gasteiger partial charge in [-0.05, 0) is 38.1 Å². The third kappa shape index (κ3) is 4.49. The predicted octanol–water partition coefficient (Wildman–Crippen LogP) is 2.58. The Balaban J connectivity index is 2.47. The van der Waals surface area contributed by atoms with Crippen molar-refractivity contribution in [2.45, 2.75) is 20.0 Å². The highest BCUT2D eigenvalue weighted by atomic mass is 16.6. The second-order valence-electron chi connectivity index (χ2n) is 3.63. The lowest BCUT2D eigenvalue weighted by atomic mass is 10.3. The smallest absolute Gasteiger partial charge is 0.347 e. The number of methoxy groups -OCH3 is 1. The quantitative estimate of drug-likeness (QED) is 0.575. The van der Waals surface area contributed by atoms with Gasteiger partial charge in [-0.15, -0.1) is 0 Å². The van der Waals surface area contributed by atoms with Crippen LogP contribution < -0.4 is 9.47 Å². The lowest BCUT2D eigenvalue weighted by Gasteiger charge is -2.13. The molecule has 0 amide bonds. The molecule has 0 N–H and O–H groups in total. The first-order valence-corrected chi connectivity index (χ1v) is 5.76. The van der Waals surface area contributed by atoms with Gasteiger partial charge in [-0.1, -0.05) is 12.2 Å². The zero-order valence-corrected chi connectivity index (χ0v) is 10.9. The third-order valence-electron chi connectivity index (χ3n) is 2.26. The summed E-state index contributed by atoms with van der Waals surface area (Å²) in [5.41, 5.74) is 0. The topological polar surface area (TPSA) is 44.8 Å². The van der Waals surface area contributed by atoms with Crippen molar-refractivity contribution in [3.63, 3.8) is 0 Å². The van der Waals surface area contributed by atoms with Crippen molar-refractivity contribution in [2.75, 3.05) is 13.7 Å². The number of esters is 1. The van der Waals surface area contributed by atoms with Crippen LogP contribution in [0.5, 0.6) is 11.5 Å². The molecule has 0 aromatic heterocycles. The van der Waals surface area contributed by atoms with E-state index in [0.29, 0.717) is 5.75 Å². The van der Waals surface area contributed by atoms with E-state index >= 15 is 0 Å². The maximum Gasteiger partial charge on any atom is 0.347 e. The molecule has 1 aromatic carbocycles. The van der Waals surface area contributed by atoms with E-state index in [4.69, 9.17) is 14.2 Å². The summed E-state index contributed by atoms with van der Waals surface area (Å²) in [5, 5.41) is 0. The van der Waals surface area contributed by atoms with E-state index in [1.165, 1.54) is 0 Å². The normalized spacial score (nSPS) is 12.2. The lowest BCUT2D eigenvalue weighted by Crippen LogP contribution is -2.26. The molecule has 0 aliphatic rings. The molecule has 98 valence electrons. The van der Waals surface area contributed by atoms with E-state index in [1.54, 1.807) is 44.4 Å². The highest BCUT2D eigenvalue weighted by Crippen LogP contribution is 2.18. The van der Waals surface area contributed by atoms with E-state index in [9.17, 15) is 4.79 Å². The van der Waals surface area contributed by atoms with E-state index < -0.39 is 6.10 Å². The summed E-state index contributed by atoms with van der Waals surface area (Å²) in [6.45, 7) is 3.79. The van der Waals surface area contributed by atoms with Gasteiger partial charge in [0.05, 0.1) is 7.11 Å². The van der Waals surface area contributed by atoms with Crippen molar-refractivity contribution in [3.8, 4) is 11.5 Å². The first-order chi connectivity index (χ1) is 8.67. The van der Waals surface area contributed by atoms with Gasteiger partial charge in [0.25, 0.3) is 0 Å². The molecule has 4 nitrogen and oxygen atoms in total. The first-order valence-electron chi connectivity index (χ1n) is 5.76. The van der Waals surface area contributed by atoms with Gasteiger partial charge in [0.1, 0.15) is 18.1 Å². The minimum atomic E-state index is -0.636. The van der Waals surface area contributed by atoms with Crippen LogP contribution >= 0.6 is 0 Å². The average Bonchev–Trinajstić information content (AvgIpc) is 2.39. The van der Waals surface area contributed by atoms with Gasteiger partial charge >= 0.3 is 5.97 Å². The standard InChI is InChI=1S/C14H18O4/c1-4-5-10-17-14(15)11(2)18-13-8-6-12(16-3)7-9-13/h4-9,11H,10H2,1-3H3. The number of hydrogen-bond acceptors (Lipinski definition) is 4. The molecular weight excluding hydrogens is 232 g/mol. The molecule has 0 fully saturated rings. The third-order valence-corrected chi connectivity index (χ3v) is 2.26. The zero-order chi connectivity index (χ0) is 13.4. The molecule has 0 saturated heterocycles. The monoisotopic (exact) mass is 250 g/mol. The van der Waals surface area contributed by atoms with E-state index in [2.05, 4.69) is 0 Å². The average molecular weight is 250 g/mol. The summed E-state index contributed by atoms with van der Waals surface area (Å²) in [6.07, 6.45) is 2.95. The predicted molar refractivity (Wildman–Crippen MR) is 68.9 cm³/mol. The number of carbonyl (C=O) groups is 1. The minimum absolute atomic E-state index is 0.269. The molecule has 18 heavy (non-hydrogen) atoms. The van der Waals surface area contributed by atoms with Gasteiger partial charge in [-0.3, -0.25) is 0 Å². The minimum Gasteiger partial charge on any atom is -0.497 e. The highest BCUT2D eigenvalue weighted by molar-refractivity contribution is 5.74. The van der Waals surface area contributed by atoms with E-state index in [1.807, 2.05) is 13.0 Å². The Morgan fingerprint density at radius 3 is 2.44 bits per heavy atom. The maximum atomic E-state index is 11.5. The summed E-state index contributed by atoms with van der Waals surface area (Å²) in [6, 6.07) is 7.03. The highest BCUT2D eigenvalue weighted by Gasteiger charge is 2.15. The molecule has 1 rings (SSSR count). The Hall–Kier alpha value is -1.97. The van der Waals surface area contributed by atoms with Gasteiger partial charge in [0, 0.05) is 0 Å². The Kier molecular flexibility index (Phi) is 5.77. The molecule has 1 atom stereocenters. The van der Waals surface area contributed by atoms with Gasteiger partial charge in [-0.25, -0.2) is 4.79 Å². The molecule has 0 aliphatic carbocycles. The van der Waals surface area contributed by atoms with Crippen LogP contribution in [0.3, 0.4) is 0 Å². The number of benzene rings is 1. The molecule has 1 unspecified atom stereocenters. The fourth-order valence-corrected chi connectivity index (χ4v) is 1.25. The fraction of sp³-hybridized carbons (Fsp3) is 0.357. The number of allylic oxidation sites excluding steroid dienone is 1. The molecule has 0 bridgehead atoms. The first kappa shape index (κ1) is 14.1. The largest absolute Gasteiger partial charge is 0.497 e. The molecular formula is C14H18O4. The van der Waals surface area contributed by atoms with Gasteiger partial charge in [-0.2, -0.15) is 0 Å². The summed E-state index contributed by atoms with van der Waals surface area (Å²) in [4.78, 5) is 11.5. The SMILES string of the molecule is CC=CCOC(=O)C(C)Oc1ccc(OC)cc1. The van der Waals surface area contributed by atoms with Crippen LogP contribution in [-0.4, -0.2) is 25.8 Å².